The molecule has 2 fully saturated rings. The van der Waals surface area contributed by atoms with Crippen LogP contribution in [0.5, 0.6) is 0 Å². The van der Waals surface area contributed by atoms with Crippen LogP contribution in [-0.4, -0.2) is 54.0 Å². The van der Waals surface area contributed by atoms with Crippen LogP contribution in [0.2, 0.25) is 0 Å². The van der Waals surface area contributed by atoms with Gasteiger partial charge in [-0.3, -0.25) is 19.3 Å². The maximum atomic E-state index is 12.6. The molecule has 8 heteroatoms. The van der Waals surface area contributed by atoms with Gasteiger partial charge in [0.05, 0.1) is 6.54 Å². The summed E-state index contributed by atoms with van der Waals surface area (Å²) in [6, 6.07) is 7.47. The number of carbonyl (C=O) groups is 4. The van der Waals surface area contributed by atoms with Gasteiger partial charge >= 0.3 is 12.0 Å². The van der Waals surface area contributed by atoms with Crippen LogP contribution in [0.3, 0.4) is 0 Å². The van der Waals surface area contributed by atoms with Gasteiger partial charge in [0, 0.05) is 6.42 Å². The van der Waals surface area contributed by atoms with Crippen molar-refractivity contribution in [2.24, 2.45) is 0 Å². The third-order valence-corrected chi connectivity index (χ3v) is 5.69. The molecule has 1 saturated heterocycles. The van der Waals surface area contributed by atoms with E-state index in [2.05, 4.69) is 10.6 Å². The third kappa shape index (κ3) is 5.37. The largest absolute Gasteiger partial charge is 0.462 e. The first-order valence-corrected chi connectivity index (χ1v) is 10.5. The van der Waals surface area contributed by atoms with Crippen LogP contribution in [0.1, 0.15) is 49.7 Å². The summed E-state index contributed by atoms with van der Waals surface area (Å²) in [6.45, 7) is 1.78. The van der Waals surface area contributed by atoms with Crippen LogP contribution in [0.25, 0.3) is 0 Å². The van der Waals surface area contributed by atoms with E-state index in [1.807, 2.05) is 31.2 Å². The molecule has 0 radical (unpaired) electrons. The fourth-order valence-electron chi connectivity index (χ4n) is 3.95. The van der Waals surface area contributed by atoms with E-state index in [0.717, 1.165) is 29.7 Å². The minimum absolute atomic E-state index is 0.0100. The number of amides is 4. The lowest BCUT2D eigenvalue weighted by Crippen LogP contribution is -2.48. The molecule has 30 heavy (non-hydrogen) atoms. The number of nitrogens with one attached hydrogen (secondary N) is 2. The molecule has 0 atom stereocenters. The topological polar surface area (TPSA) is 105 Å². The van der Waals surface area contributed by atoms with Crippen LogP contribution in [0.4, 0.5) is 4.79 Å². The molecular formula is C22H29N3O5. The Morgan fingerprint density at radius 2 is 1.83 bits per heavy atom. The Hall–Kier alpha value is -2.90. The van der Waals surface area contributed by atoms with E-state index in [1.165, 1.54) is 5.56 Å². The quantitative estimate of drug-likeness (QED) is 0.383. The lowest BCUT2D eigenvalue weighted by molar-refractivity contribution is -0.148. The first kappa shape index (κ1) is 21.8. The molecule has 162 valence electrons. The normalized spacial score (nSPS) is 17.7. The third-order valence-electron chi connectivity index (χ3n) is 5.69. The van der Waals surface area contributed by atoms with E-state index in [9.17, 15) is 19.2 Å². The van der Waals surface area contributed by atoms with Gasteiger partial charge in [0.25, 0.3) is 5.91 Å². The predicted molar refractivity (Wildman–Crippen MR) is 110 cm³/mol. The number of imide groups is 1. The Labute approximate surface area is 176 Å². The molecule has 1 aliphatic carbocycles. The van der Waals surface area contributed by atoms with E-state index in [1.54, 1.807) is 0 Å². The fraction of sp³-hybridized carbons (Fsp3) is 0.545. The number of nitrogens with zero attached hydrogens (tertiary/aromatic N) is 1. The number of ether oxygens (including phenoxy) is 1. The average molecular weight is 415 g/mol. The van der Waals surface area contributed by atoms with Gasteiger partial charge in [-0.2, -0.15) is 0 Å². The highest BCUT2D eigenvalue weighted by molar-refractivity contribution is 6.08. The molecule has 8 nitrogen and oxygen atoms in total. The Morgan fingerprint density at radius 1 is 1.13 bits per heavy atom. The number of benzene rings is 1. The van der Waals surface area contributed by atoms with E-state index in [0.29, 0.717) is 25.7 Å². The van der Waals surface area contributed by atoms with Crippen LogP contribution in [0, 0.1) is 6.92 Å². The lowest BCUT2D eigenvalue weighted by atomic mass is 9.82. The van der Waals surface area contributed by atoms with Crippen LogP contribution >= 0.6 is 0 Å². The van der Waals surface area contributed by atoms with Crippen molar-refractivity contribution in [1.29, 1.82) is 0 Å². The summed E-state index contributed by atoms with van der Waals surface area (Å²) in [5, 5.41) is 5.46. The molecule has 1 aromatic carbocycles. The first-order valence-electron chi connectivity index (χ1n) is 10.5. The van der Waals surface area contributed by atoms with Gasteiger partial charge < -0.3 is 15.4 Å². The van der Waals surface area contributed by atoms with Crippen molar-refractivity contribution in [2.45, 2.75) is 57.4 Å². The molecule has 0 aromatic heterocycles. The van der Waals surface area contributed by atoms with Gasteiger partial charge in [-0.1, -0.05) is 49.1 Å². The number of hydrogen-bond acceptors (Lipinski definition) is 5. The van der Waals surface area contributed by atoms with E-state index >= 15 is 0 Å². The summed E-state index contributed by atoms with van der Waals surface area (Å²) < 4.78 is 5.08. The van der Waals surface area contributed by atoms with Gasteiger partial charge in [-0.15, -0.1) is 0 Å². The van der Waals surface area contributed by atoms with Gasteiger partial charge in [-0.05, 0) is 31.7 Å². The van der Waals surface area contributed by atoms with E-state index < -0.39 is 24.1 Å². The molecule has 3 rings (SSSR count). The zero-order valence-electron chi connectivity index (χ0n) is 17.4. The molecule has 2 N–H and O–H groups in total. The summed E-state index contributed by atoms with van der Waals surface area (Å²) in [7, 11) is 0. The van der Waals surface area contributed by atoms with Crippen molar-refractivity contribution in [2.75, 3.05) is 19.7 Å². The summed E-state index contributed by atoms with van der Waals surface area (Å²) in [5.41, 5.74) is 1.42. The minimum Gasteiger partial charge on any atom is -0.462 e. The molecule has 1 spiro atoms. The average Bonchev–Trinajstić information content (AvgIpc) is 2.95. The smallest absolute Gasteiger partial charge is 0.326 e. The summed E-state index contributed by atoms with van der Waals surface area (Å²) in [5.74, 6) is -1.13. The van der Waals surface area contributed by atoms with Gasteiger partial charge in [-0.25, -0.2) is 4.79 Å². The summed E-state index contributed by atoms with van der Waals surface area (Å²) in [6.07, 6.45) is 5.02. The highest BCUT2D eigenvalue weighted by Gasteiger charge is 2.51. The molecule has 1 aliphatic heterocycles. The molecule has 1 saturated carbocycles. The van der Waals surface area contributed by atoms with E-state index in [4.69, 9.17) is 4.74 Å². The molecule has 1 aromatic rings. The molecule has 0 bridgehead atoms. The zero-order valence-corrected chi connectivity index (χ0v) is 17.4. The predicted octanol–water partition coefficient (Wildman–Crippen LogP) is 1.84. The second-order valence-corrected chi connectivity index (χ2v) is 8.02. The van der Waals surface area contributed by atoms with Crippen molar-refractivity contribution in [3.05, 3.63) is 35.4 Å². The second kappa shape index (κ2) is 9.73. The summed E-state index contributed by atoms with van der Waals surface area (Å²) >= 11 is 0. The van der Waals surface area contributed by atoms with Crippen molar-refractivity contribution in [3.8, 4) is 0 Å². The van der Waals surface area contributed by atoms with Crippen molar-refractivity contribution < 1.29 is 23.9 Å². The van der Waals surface area contributed by atoms with Crippen LogP contribution < -0.4 is 10.6 Å². The standard InChI is InChI=1S/C22H29N3O5/c1-16-5-7-17(8-6-16)9-10-18(26)23-13-14-30-19(27)15-25-20(28)22(24-21(25)29)11-3-2-4-12-22/h5-8H,2-4,9-15H2,1H3,(H,23,26)(H,24,29). The van der Waals surface area contributed by atoms with Crippen molar-refractivity contribution in [1.82, 2.24) is 15.5 Å². The Bertz CT molecular complexity index is 799. The van der Waals surface area contributed by atoms with Crippen LogP contribution in [-0.2, 0) is 25.5 Å². The molecule has 1 heterocycles. The SMILES string of the molecule is Cc1ccc(CCC(=O)NCCOC(=O)CN2C(=O)NC3(CCCCC3)C2=O)cc1. The summed E-state index contributed by atoms with van der Waals surface area (Å²) in [4.78, 5) is 49.7. The Balaban J connectivity index is 1.34. The Kier molecular flexibility index (Phi) is 7.07. The molecule has 4 amide bonds. The van der Waals surface area contributed by atoms with Crippen molar-refractivity contribution >= 4 is 23.8 Å². The highest BCUT2D eigenvalue weighted by Crippen LogP contribution is 2.33. The lowest BCUT2D eigenvalue weighted by Gasteiger charge is -2.30. The zero-order chi connectivity index (χ0) is 21.6. The number of urea groups is 1. The van der Waals surface area contributed by atoms with E-state index in [-0.39, 0.29) is 25.0 Å². The molecular weight excluding hydrogens is 386 g/mol. The molecule has 2 aliphatic rings. The number of hydrogen-bond donors (Lipinski definition) is 2. The molecule has 0 unspecified atom stereocenters. The highest BCUT2D eigenvalue weighted by atomic mass is 16.5. The first-order chi connectivity index (χ1) is 14.4. The maximum Gasteiger partial charge on any atom is 0.326 e. The fourth-order valence-corrected chi connectivity index (χ4v) is 3.95. The van der Waals surface area contributed by atoms with Gasteiger partial charge in [0.1, 0.15) is 18.7 Å². The minimum atomic E-state index is -0.846. The number of carbonyl (C=O) groups excluding carboxylic acids is 4. The Morgan fingerprint density at radius 3 is 2.53 bits per heavy atom. The second-order valence-electron chi connectivity index (χ2n) is 8.02. The van der Waals surface area contributed by atoms with Crippen LogP contribution in [0.15, 0.2) is 24.3 Å². The maximum absolute atomic E-state index is 12.6. The number of esters is 1. The van der Waals surface area contributed by atoms with Gasteiger partial charge in [0.15, 0.2) is 0 Å². The monoisotopic (exact) mass is 415 g/mol. The number of rotatable bonds is 8. The van der Waals surface area contributed by atoms with Crippen molar-refractivity contribution in [3.63, 3.8) is 0 Å². The van der Waals surface area contributed by atoms with Gasteiger partial charge in [0.2, 0.25) is 5.91 Å². The number of aryl methyl sites for hydroxylation is 2.